The van der Waals surface area contributed by atoms with Crippen molar-refractivity contribution < 1.29 is 14.6 Å². The summed E-state index contributed by atoms with van der Waals surface area (Å²) in [5.41, 5.74) is 4.67. The lowest BCUT2D eigenvalue weighted by molar-refractivity contribution is 0.0398. The number of nitrogens with one attached hydrogen (secondary N) is 2. The molecule has 1 aliphatic rings. The summed E-state index contributed by atoms with van der Waals surface area (Å²) in [4.78, 5) is 7.36. The fraction of sp³-hybridized carbons (Fsp3) is 0.407. The van der Waals surface area contributed by atoms with Gasteiger partial charge in [-0.15, -0.1) is 0 Å². The number of ether oxygens (including phenoxy) is 2. The lowest BCUT2D eigenvalue weighted by Gasteiger charge is -2.26. The zero-order valence-corrected chi connectivity index (χ0v) is 20.8. The minimum Gasteiger partial charge on any atom is -0.512 e. The second-order valence-electron chi connectivity index (χ2n) is 8.86. The van der Waals surface area contributed by atoms with Gasteiger partial charge < -0.3 is 25.3 Å². The zero-order valence-electron chi connectivity index (χ0n) is 20.8. The van der Waals surface area contributed by atoms with Crippen LogP contribution in [-0.2, 0) is 17.6 Å². The van der Waals surface area contributed by atoms with Crippen LogP contribution in [0.1, 0.15) is 30.7 Å². The van der Waals surface area contributed by atoms with Gasteiger partial charge >= 0.3 is 0 Å². The number of aromatic nitrogens is 2. The Balaban J connectivity index is 1.59. The number of allylic oxidation sites excluding steroid dienone is 2. The zero-order chi connectivity index (χ0) is 24.8. The molecule has 0 unspecified atom stereocenters. The monoisotopic (exact) mass is 477 g/mol. The molecular formula is C27H35N5O3. The molecule has 35 heavy (non-hydrogen) atoms. The number of imidazole rings is 1. The third-order valence-electron chi connectivity index (χ3n) is 6.36. The molecule has 8 nitrogen and oxygen atoms in total. The molecule has 0 amide bonds. The molecule has 0 atom stereocenters. The number of rotatable bonds is 10. The Morgan fingerprint density at radius 3 is 2.54 bits per heavy atom. The number of methoxy groups -OCH3 is 1. The average molecular weight is 478 g/mol. The van der Waals surface area contributed by atoms with Crippen LogP contribution in [0, 0.1) is 5.41 Å². The molecule has 0 radical (unpaired) electrons. The first kappa shape index (κ1) is 24.8. The minimum absolute atomic E-state index is 0.136. The highest BCUT2D eigenvalue weighted by Gasteiger charge is 2.16. The summed E-state index contributed by atoms with van der Waals surface area (Å²) in [6.07, 6.45) is 3.62. The van der Waals surface area contributed by atoms with Crippen molar-refractivity contribution in [2.75, 3.05) is 51.8 Å². The first-order chi connectivity index (χ1) is 17.0. The molecule has 0 aliphatic carbocycles. The lowest BCUT2D eigenvalue weighted by Crippen LogP contribution is -2.39. The third kappa shape index (κ3) is 6.01. The van der Waals surface area contributed by atoms with Gasteiger partial charge in [0.2, 0.25) is 0 Å². The molecular weight excluding hydrogens is 442 g/mol. The van der Waals surface area contributed by atoms with Gasteiger partial charge in [0.1, 0.15) is 17.2 Å². The Bertz CT molecular complexity index is 1190. The summed E-state index contributed by atoms with van der Waals surface area (Å²) in [7, 11) is 1.67. The predicted molar refractivity (Wildman–Crippen MR) is 140 cm³/mol. The maximum atomic E-state index is 10.1. The van der Waals surface area contributed by atoms with Crippen LogP contribution in [0.25, 0.3) is 11.2 Å². The number of nitrogens with zero attached hydrogens (tertiary/aromatic N) is 3. The van der Waals surface area contributed by atoms with Gasteiger partial charge in [0.15, 0.2) is 0 Å². The van der Waals surface area contributed by atoms with Gasteiger partial charge in [-0.1, -0.05) is 12.1 Å². The normalized spacial score (nSPS) is 15.2. The number of morpholine rings is 1. The van der Waals surface area contributed by atoms with Gasteiger partial charge in [-0.25, -0.2) is 4.98 Å². The van der Waals surface area contributed by atoms with Crippen molar-refractivity contribution in [3.63, 3.8) is 0 Å². The van der Waals surface area contributed by atoms with Crippen molar-refractivity contribution in [1.82, 2.24) is 14.3 Å². The number of aryl methyl sites for hydroxylation is 2. The number of anilines is 1. The summed E-state index contributed by atoms with van der Waals surface area (Å²) in [6, 6.07) is 12.0. The second kappa shape index (κ2) is 11.4. The van der Waals surface area contributed by atoms with Crippen molar-refractivity contribution in [2.24, 2.45) is 0 Å². The Kier molecular flexibility index (Phi) is 8.05. The van der Waals surface area contributed by atoms with E-state index in [2.05, 4.69) is 26.8 Å². The van der Waals surface area contributed by atoms with Gasteiger partial charge in [-0.05, 0) is 62.1 Å². The molecule has 1 fully saturated rings. The van der Waals surface area contributed by atoms with Gasteiger partial charge in [0.05, 0.1) is 31.8 Å². The fourth-order valence-corrected chi connectivity index (χ4v) is 4.52. The van der Waals surface area contributed by atoms with E-state index >= 15 is 0 Å². The van der Waals surface area contributed by atoms with Crippen LogP contribution in [-0.4, -0.2) is 71.6 Å². The Hall–Kier alpha value is -3.36. The Morgan fingerprint density at radius 1 is 1.14 bits per heavy atom. The second-order valence-corrected chi connectivity index (χ2v) is 8.86. The lowest BCUT2D eigenvalue weighted by atomic mass is 10.0. The van der Waals surface area contributed by atoms with Crippen LogP contribution >= 0.6 is 0 Å². The molecule has 1 aliphatic heterocycles. The quantitative estimate of drug-likeness (QED) is 0.299. The number of pyridine rings is 1. The number of aliphatic hydroxyl groups excluding tert-OH is 1. The van der Waals surface area contributed by atoms with E-state index in [4.69, 9.17) is 19.9 Å². The summed E-state index contributed by atoms with van der Waals surface area (Å²) >= 11 is 0. The number of hydrogen-bond acceptors (Lipinski definition) is 7. The molecule has 3 aromatic rings. The van der Waals surface area contributed by atoms with E-state index in [-0.39, 0.29) is 5.76 Å². The third-order valence-corrected chi connectivity index (χ3v) is 6.36. The SMILES string of the molecule is COc1ccc(CCc2nc3cc(/C(C(C)=N)=C(\C)O)ccn3c2NCCN2CCOCC2)cc1. The van der Waals surface area contributed by atoms with E-state index in [0.717, 1.165) is 80.7 Å². The van der Waals surface area contributed by atoms with Crippen molar-refractivity contribution in [1.29, 1.82) is 5.41 Å². The van der Waals surface area contributed by atoms with E-state index < -0.39 is 0 Å². The van der Waals surface area contributed by atoms with Gasteiger partial charge in [0.25, 0.3) is 0 Å². The molecule has 2 aromatic heterocycles. The van der Waals surface area contributed by atoms with Crippen molar-refractivity contribution in [3.05, 3.63) is 65.2 Å². The molecule has 3 N–H and O–H groups in total. The number of hydrogen-bond donors (Lipinski definition) is 3. The van der Waals surface area contributed by atoms with Crippen LogP contribution in [0.3, 0.4) is 0 Å². The molecule has 0 saturated carbocycles. The van der Waals surface area contributed by atoms with E-state index in [1.165, 1.54) is 5.56 Å². The highest BCUT2D eigenvalue weighted by Crippen LogP contribution is 2.25. The number of fused-ring (bicyclic) bond motifs is 1. The molecule has 186 valence electrons. The predicted octanol–water partition coefficient (Wildman–Crippen LogP) is 4.20. The first-order valence-corrected chi connectivity index (χ1v) is 12.1. The van der Waals surface area contributed by atoms with Gasteiger partial charge in [-0.3, -0.25) is 9.30 Å². The maximum absolute atomic E-state index is 10.1. The van der Waals surface area contributed by atoms with E-state index in [1.54, 1.807) is 21.0 Å². The van der Waals surface area contributed by atoms with E-state index in [0.29, 0.717) is 11.3 Å². The molecule has 0 bridgehead atoms. The molecule has 3 heterocycles. The van der Waals surface area contributed by atoms with Crippen molar-refractivity contribution in [3.8, 4) is 5.75 Å². The smallest absolute Gasteiger partial charge is 0.139 e. The molecule has 1 saturated heterocycles. The van der Waals surface area contributed by atoms with Crippen molar-refractivity contribution >= 4 is 22.7 Å². The minimum atomic E-state index is 0.136. The summed E-state index contributed by atoms with van der Waals surface area (Å²) < 4.78 is 12.8. The standard InChI is InChI=1S/C27H35N5O3/c1-19(28)26(20(2)33)22-10-12-32-25(18-22)30-24(9-6-21-4-7-23(34-3)8-5-21)27(32)29-11-13-31-14-16-35-17-15-31/h4-5,7-8,10,12,18,28-29,33H,6,9,11,13-17H2,1-3H3/b26-20+,28-19?. The molecule has 8 heteroatoms. The number of benzene rings is 1. The molecule has 4 rings (SSSR count). The van der Waals surface area contributed by atoms with Crippen molar-refractivity contribution in [2.45, 2.75) is 26.7 Å². The van der Waals surface area contributed by atoms with Crippen LogP contribution in [0.4, 0.5) is 5.82 Å². The Morgan fingerprint density at radius 2 is 1.89 bits per heavy atom. The van der Waals surface area contributed by atoms with E-state index in [1.807, 2.05) is 30.5 Å². The highest BCUT2D eigenvalue weighted by atomic mass is 16.5. The van der Waals surface area contributed by atoms with Gasteiger partial charge in [-0.2, -0.15) is 0 Å². The maximum Gasteiger partial charge on any atom is 0.139 e. The summed E-state index contributed by atoms with van der Waals surface area (Å²) in [5.74, 6) is 1.98. The van der Waals surface area contributed by atoms with Gasteiger partial charge in [0, 0.05) is 43.7 Å². The fourth-order valence-electron chi connectivity index (χ4n) is 4.52. The number of aliphatic hydroxyl groups is 1. The first-order valence-electron chi connectivity index (χ1n) is 12.1. The van der Waals surface area contributed by atoms with Crippen LogP contribution in [0.5, 0.6) is 5.75 Å². The summed E-state index contributed by atoms with van der Waals surface area (Å²) in [6.45, 7) is 8.55. The van der Waals surface area contributed by atoms with Crippen LogP contribution in [0.2, 0.25) is 0 Å². The topological polar surface area (TPSA) is 95.1 Å². The average Bonchev–Trinajstić information content (AvgIpc) is 3.20. The van der Waals surface area contributed by atoms with Crippen LogP contribution in [0.15, 0.2) is 48.4 Å². The Labute approximate surface area is 206 Å². The largest absolute Gasteiger partial charge is 0.512 e. The molecule has 0 spiro atoms. The summed E-state index contributed by atoms with van der Waals surface area (Å²) in [5, 5.41) is 21.8. The molecule has 1 aromatic carbocycles. The highest BCUT2D eigenvalue weighted by molar-refractivity contribution is 6.21. The van der Waals surface area contributed by atoms with Crippen LogP contribution < -0.4 is 10.1 Å². The van der Waals surface area contributed by atoms with E-state index in [9.17, 15) is 5.11 Å².